The summed E-state index contributed by atoms with van der Waals surface area (Å²) < 4.78 is 54.9. The van der Waals surface area contributed by atoms with Crippen LogP contribution in [-0.4, -0.2) is 0 Å². The van der Waals surface area contributed by atoms with Gasteiger partial charge in [0.05, 0.1) is 0 Å². The molecule has 0 aromatic heterocycles. The predicted octanol–water partition coefficient (Wildman–Crippen LogP) is 7.64. The van der Waals surface area contributed by atoms with Gasteiger partial charge in [0.15, 0.2) is 17.5 Å². The molecule has 30 heavy (non-hydrogen) atoms. The van der Waals surface area contributed by atoms with Crippen LogP contribution in [0.2, 0.25) is 0 Å². The van der Waals surface area contributed by atoms with Gasteiger partial charge < -0.3 is 0 Å². The topological polar surface area (TPSA) is 0 Å². The Balaban J connectivity index is 1.52. The quantitative estimate of drug-likeness (QED) is 0.229. The number of allylic oxidation sites excluding steroid dienone is 1. The highest BCUT2D eigenvalue weighted by molar-refractivity contribution is 5.84. The second-order valence-electron chi connectivity index (χ2n) is 8.24. The first-order valence-corrected chi connectivity index (χ1v) is 10.4. The molecule has 0 atom stereocenters. The lowest BCUT2D eigenvalue weighted by Crippen LogP contribution is -2.11. The molecular formula is C26H24F4. The molecule has 1 aliphatic carbocycles. The van der Waals surface area contributed by atoms with Crippen LogP contribution >= 0.6 is 0 Å². The second kappa shape index (κ2) is 8.63. The molecule has 0 aliphatic heterocycles. The fourth-order valence-electron chi connectivity index (χ4n) is 4.52. The molecule has 3 aromatic carbocycles. The molecule has 0 radical (unpaired) electrons. The van der Waals surface area contributed by atoms with Crippen molar-refractivity contribution in [1.29, 1.82) is 0 Å². The molecule has 4 heteroatoms. The Morgan fingerprint density at radius 2 is 1.50 bits per heavy atom. The van der Waals surface area contributed by atoms with E-state index in [1.807, 2.05) is 24.3 Å². The van der Waals surface area contributed by atoms with Crippen molar-refractivity contribution >= 4 is 10.8 Å². The molecule has 0 unspecified atom stereocenters. The lowest BCUT2D eigenvalue weighted by Gasteiger charge is -2.27. The summed E-state index contributed by atoms with van der Waals surface area (Å²) in [6.45, 7) is 3.89. The van der Waals surface area contributed by atoms with Gasteiger partial charge in [-0.05, 0) is 84.6 Å². The Hall–Kier alpha value is -2.62. The summed E-state index contributed by atoms with van der Waals surface area (Å²) in [4.78, 5) is 0. The minimum atomic E-state index is -1.48. The molecule has 1 aliphatic rings. The van der Waals surface area contributed by atoms with Gasteiger partial charge in [0.25, 0.3) is 0 Å². The van der Waals surface area contributed by atoms with Gasteiger partial charge in [-0.3, -0.25) is 0 Å². The minimum Gasteiger partial charge on any atom is -0.206 e. The van der Waals surface area contributed by atoms with E-state index >= 15 is 4.39 Å². The van der Waals surface area contributed by atoms with Crippen LogP contribution in [-0.2, 0) is 12.8 Å². The molecule has 1 saturated carbocycles. The summed E-state index contributed by atoms with van der Waals surface area (Å²) in [6.07, 6.45) is 7.07. The highest BCUT2D eigenvalue weighted by Gasteiger charge is 2.21. The van der Waals surface area contributed by atoms with Crippen LogP contribution in [0, 0.1) is 29.2 Å². The fraction of sp³-hybridized carbons (Fsp3) is 0.308. The standard InChI is InChI=1S/C26H24F4/c1-2-16-3-6-18(7-4-16)20-11-12-22-21(15-20)10-9-19(25(22)29)8-5-17-13-23(27)26(30)24(28)14-17/h2,9-16,18H,1,3-8H2. The Bertz CT molecular complexity index is 1050. The first kappa shape index (κ1) is 20.6. The number of fused-ring (bicyclic) bond motifs is 1. The van der Waals surface area contributed by atoms with Gasteiger partial charge in [0.1, 0.15) is 5.82 Å². The third-order valence-electron chi connectivity index (χ3n) is 6.36. The maximum absolute atomic E-state index is 15.0. The lowest BCUT2D eigenvalue weighted by atomic mass is 9.78. The minimum absolute atomic E-state index is 0.223. The van der Waals surface area contributed by atoms with Crippen LogP contribution in [0.3, 0.4) is 0 Å². The Morgan fingerprint density at radius 1 is 0.800 bits per heavy atom. The average Bonchev–Trinajstić information content (AvgIpc) is 2.76. The highest BCUT2D eigenvalue weighted by Crippen LogP contribution is 2.37. The number of halogens is 4. The number of hydrogen-bond acceptors (Lipinski definition) is 0. The van der Waals surface area contributed by atoms with Gasteiger partial charge >= 0.3 is 0 Å². The molecule has 0 saturated heterocycles. The van der Waals surface area contributed by atoms with E-state index in [0.717, 1.165) is 43.2 Å². The maximum atomic E-state index is 15.0. The van der Waals surface area contributed by atoms with Crippen molar-refractivity contribution in [3.05, 3.63) is 95.1 Å². The Labute approximate surface area is 174 Å². The van der Waals surface area contributed by atoms with Crippen LogP contribution in [0.15, 0.2) is 55.1 Å². The summed E-state index contributed by atoms with van der Waals surface area (Å²) in [7, 11) is 0. The van der Waals surface area contributed by atoms with E-state index in [-0.39, 0.29) is 18.7 Å². The van der Waals surface area contributed by atoms with Gasteiger partial charge in [-0.1, -0.05) is 36.4 Å². The fourth-order valence-corrected chi connectivity index (χ4v) is 4.52. The number of rotatable bonds is 5. The van der Waals surface area contributed by atoms with Crippen molar-refractivity contribution in [2.75, 3.05) is 0 Å². The van der Waals surface area contributed by atoms with Crippen molar-refractivity contribution in [2.24, 2.45) is 5.92 Å². The van der Waals surface area contributed by atoms with Gasteiger partial charge in [-0.15, -0.1) is 6.58 Å². The van der Waals surface area contributed by atoms with Crippen molar-refractivity contribution < 1.29 is 17.6 Å². The van der Waals surface area contributed by atoms with Crippen molar-refractivity contribution in [3.8, 4) is 0 Å². The monoisotopic (exact) mass is 412 g/mol. The summed E-state index contributed by atoms with van der Waals surface area (Å²) in [5.74, 6) is -3.14. The van der Waals surface area contributed by atoms with E-state index in [4.69, 9.17) is 0 Å². The molecule has 156 valence electrons. The smallest absolute Gasteiger partial charge is 0.194 e. The highest BCUT2D eigenvalue weighted by atomic mass is 19.2. The number of hydrogen-bond donors (Lipinski definition) is 0. The van der Waals surface area contributed by atoms with E-state index < -0.39 is 17.5 Å². The van der Waals surface area contributed by atoms with Crippen LogP contribution in [0.5, 0.6) is 0 Å². The molecule has 0 amide bonds. The zero-order chi connectivity index (χ0) is 21.3. The molecule has 0 spiro atoms. The molecule has 0 N–H and O–H groups in total. The first-order valence-electron chi connectivity index (χ1n) is 10.4. The van der Waals surface area contributed by atoms with Gasteiger partial charge in [-0.25, -0.2) is 17.6 Å². The molecule has 0 nitrogen and oxygen atoms in total. The zero-order valence-corrected chi connectivity index (χ0v) is 16.7. The summed E-state index contributed by atoms with van der Waals surface area (Å²) in [5, 5.41) is 1.41. The second-order valence-corrected chi connectivity index (χ2v) is 8.24. The molecule has 1 fully saturated rings. The van der Waals surface area contributed by atoms with Crippen molar-refractivity contribution in [2.45, 2.75) is 44.4 Å². The summed E-state index contributed by atoms with van der Waals surface area (Å²) in [5.41, 5.74) is 2.03. The first-order chi connectivity index (χ1) is 14.5. The Morgan fingerprint density at radius 3 is 2.17 bits per heavy atom. The third-order valence-corrected chi connectivity index (χ3v) is 6.36. The number of aryl methyl sites for hydroxylation is 2. The van der Waals surface area contributed by atoms with Gasteiger partial charge in [0.2, 0.25) is 0 Å². The molecule has 0 bridgehead atoms. The largest absolute Gasteiger partial charge is 0.206 e. The van der Waals surface area contributed by atoms with Crippen LogP contribution in [0.25, 0.3) is 10.8 Å². The van der Waals surface area contributed by atoms with E-state index in [1.165, 1.54) is 5.56 Å². The van der Waals surface area contributed by atoms with E-state index in [0.29, 0.717) is 28.3 Å². The van der Waals surface area contributed by atoms with Gasteiger partial charge in [-0.2, -0.15) is 0 Å². The molecule has 4 rings (SSSR count). The molecule has 3 aromatic rings. The van der Waals surface area contributed by atoms with E-state index in [1.54, 1.807) is 6.07 Å². The van der Waals surface area contributed by atoms with Crippen LogP contribution < -0.4 is 0 Å². The van der Waals surface area contributed by atoms with Crippen molar-refractivity contribution in [1.82, 2.24) is 0 Å². The van der Waals surface area contributed by atoms with Crippen LogP contribution in [0.1, 0.15) is 48.3 Å². The third kappa shape index (κ3) is 4.14. The summed E-state index contributed by atoms with van der Waals surface area (Å²) in [6, 6.07) is 11.5. The van der Waals surface area contributed by atoms with E-state index in [9.17, 15) is 13.2 Å². The average molecular weight is 412 g/mol. The summed E-state index contributed by atoms with van der Waals surface area (Å²) >= 11 is 0. The number of benzene rings is 3. The lowest BCUT2D eigenvalue weighted by molar-refractivity contribution is 0.376. The van der Waals surface area contributed by atoms with Crippen LogP contribution in [0.4, 0.5) is 17.6 Å². The maximum Gasteiger partial charge on any atom is 0.194 e. The predicted molar refractivity (Wildman–Crippen MR) is 113 cm³/mol. The van der Waals surface area contributed by atoms with Gasteiger partial charge in [0, 0.05) is 5.39 Å². The van der Waals surface area contributed by atoms with Crippen molar-refractivity contribution in [3.63, 3.8) is 0 Å². The Kier molecular flexibility index (Phi) is 5.94. The SMILES string of the molecule is C=CC1CCC(c2ccc3c(F)c(CCc4cc(F)c(F)c(F)c4)ccc3c2)CC1. The molecular weight excluding hydrogens is 388 g/mol. The normalized spacial score (nSPS) is 19.2. The van der Waals surface area contributed by atoms with E-state index in [2.05, 4.69) is 12.6 Å². The molecule has 0 heterocycles. The zero-order valence-electron chi connectivity index (χ0n) is 16.7.